The minimum Gasteiger partial charge on any atom is -0.494 e. The van der Waals surface area contributed by atoms with Gasteiger partial charge in [-0.1, -0.05) is 43.0 Å². The first-order valence-electron chi connectivity index (χ1n) is 11.6. The van der Waals surface area contributed by atoms with Crippen molar-refractivity contribution in [1.82, 2.24) is 0 Å². The lowest BCUT2D eigenvalue weighted by Crippen LogP contribution is -2.60. The number of aliphatic hydroxyl groups excluding tert-OH is 2. The second-order valence-corrected chi connectivity index (χ2v) is 8.86. The van der Waals surface area contributed by atoms with E-state index in [2.05, 4.69) is 13.2 Å². The van der Waals surface area contributed by atoms with E-state index in [1.165, 1.54) is 6.08 Å². The smallest absolute Gasteiger partial charge is 0.177 e. The van der Waals surface area contributed by atoms with Gasteiger partial charge >= 0.3 is 0 Å². The fourth-order valence-corrected chi connectivity index (χ4v) is 4.57. The van der Waals surface area contributed by atoms with Crippen molar-refractivity contribution < 1.29 is 33.9 Å². The minimum absolute atomic E-state index is 0.192. The molecule has 2 N–H and O–H groups in total. The lowest BCUT2D eigenvalue weighted by Gasteiger charge is -2.46. The Labute approximate surface area is 210 Å². The predicted molar refractivity (Wildman–Crippen MR) is 132 cm³/mol. The maximum atomic E-state index is 11.0. The van der Waals surface area contributed by atoms with Gasteiger partial charge in [0.25, 0.3) is 0 Å². The zero-order valence-corrected chi connectivity index (χ0v) is 20.4. The van der Waals surface area contributed by atoms with Crippen LogP contribution in [0.3, 0.4) is 0 Å². The van der Waals surface area contributed by atoms with Crippen LogP contribution in [0.1, 0.15) is 29.7 Å². The highest BCUT2D eigenvalue weighted by Crippen LogP contribution is 2.41. The number of halogens is 1. The van der Waals surface area contributed by atoms with Crippen LogP contribution in [0.15, 0.2) is 61.7 Å². The molecule has 0 aromatic heterocycles. The van der Waals surface area contributed by atoms with Crippen LogP contribution in [0.2, 0.25) is 5.02 Å². The van der Waals surface area contributed by atoms with E-state index < -0.39 is 36.8 Å². The lowest BCUT2D eigenvalue weighted by atomic mass is 9.89. The second-order valence-electron chi connectivity index (χ2n) is 8.45. The molecule has 0 spiro atoms. The molecule has 7 nitrogen and oxygen atoms in total. The molecule has 4 rings (SSSR count). The average Bonchev–Trinajstić information content (AvgIpc) is 2.87. The molecule has 2 saturated heterocycles. The van der Waals surface area contributed by atoms with Crippen molar-refractivity contribution in [1.29, 1.82) is 0 Å². The molecule has 0 aliphatic carbocycles. The van der Waals surface area contributed by atoms with Crippen molar-refractivity contribution in [3.05, 3.63) is 83.4 Å². The molecule has 0 amide bonds. The van der Waals surface area contributed by atoms with Crippen LogP contribution >= 0.6 is 11.6 Å². The lowest BCUT2D eigenvalue weighted by molar-refractivity contribution is -0.315. The van der Waals surface area contributed by atoms with Gasteiger partial charge < -0.3 is 33.9 Å². The molecule has 8 heteroatoms. The molecule has 35 heavy (non-hydrogen) atoms. The van der Waals surface area contributed by atoms with Gasteiger partial charge in [0, 0.05) is 10.6 Å². The van der Waals surface area contributed by atoms with Crippen molar-refractivity contribution in [2.45, 2.75) is 50.2 Å². The summed E-state index contributed by atoms with van der Waals surface area (Å²) in [6.07, 6.45) is -1.66. The van der Waals surface area contributed by atoms with E-state index >= 15 is 0 Å². The predicted octanol–water partition coefficient (Wildman–Crippen LogP) is 3.98. The molecule has 2 heterocycles. The van der Waals surface area contributed by atoms with Crippen molar-refractivity contribution in [3.8, 4) is 11.5 Å². The first-order valence-corrected chi connectivity index (χ1v) is 12.0. The van der Waals surface area contributed by atoms with Crippen LogP contribution in [-0.2, 0) is 20.6 Å². The first kappa shape index (κ1) is 25.7. The number of ether oxygens (including phenoxy) is 5. The van der Waals surface area contributed by atoms with Crippen molar-refractivity contribution in [2.75, 3.05) is 19.8 Å². The van der Waals surface area contributed by atoms with Gasteiger partial charge in [0.15, 0.2) is 6.29 Å². The average molecular weight is 503 g/mol. The maximum Gasteiger partial charge on any atom is 0.177 e. The third-order valence-corrected chi connectivity index (χ3v) is 6.42. The van der Waals surface area contributed by atoms with Crippen molar-refractivity contribution in [3.63, 3.8) is 0 Å². The van der Waals surface area contributed by atoms with Crippen LogP contribution in [0.25, 0.3) is 0 Å². The van der Waals surface area contributed by atoms with E-state index in [0.29, 0.717) is 29.4 Å². The SMILES string of the molecule is C=CCOc1cc(Cl)c(Cc2ccc(OCC)cc2)cc1[C@@H]1O[C@@H]2COC(C=C)O[C@H]2[C@H](O)[C@H]1O. The summed E-state index contributed by atoms with van der Waals surface area (Å²) in [7, 11) is 0. The summed E-state index contributed by atoms with van der Waals surface area (Å²) >= 11 is 6.63. The first-order chi connectivity index (χ1) is 16.9. The van der Waals surface area contributed by atoms with Gasteiger partial charge in [-0.3, -0.25) is 0 Å². The molecular formula is C27H31ClO7. The number of hydrogen-bond acceptors (Lipinski definition) is 7. The summed E-state index contributed by atoms with van der Waals surface area (Å²) < 4.78 is 28.8. The summed E-state index contributed by atoms with van der Waals surface area (Å²) in [5.74, 6) is 1.25. The fourth-order valence-electron chi connectivity index (χ4n) is 4.35. The topological polar surface area (TPSA) is 86.6 Å². The number of benzene rings is 2. The normalized spacial score (nSPS) is 28.1. The Kier molecular flexibility index (Phi) is 8.49. The maximum absolute atomic E-state index is 11.0. The van der Waals surface area contributed by atoms with Crippen molar-refractivity contribution >= 4 is 11.6 Å². The third-order valence-electron chi connectivity index (χ3n) is 6.06. The molecule has 0 saturated carbocycles. The van der Waals surface area contributed by atoms with E-state index in [9.17, 15) is 10.2 Å². The summed E-state index contributed by atoms with van der Waals surface area (Å²) in [5, 5.41) is 22.4. The van der Waals surface area contributed by atoms with Crippen LogP contribution in [0, 0.1) is 0 Å². The van der Waals surface area contributed by atoms with E-state index in [0.717, 1.165) is 16.9 Å². The van der Waals surface area contributed by atoms with E-state index in [-0.39, 0.29) is 13.2 Å². The Morgan fingerprint density at radius 1 is 1.09 bits per heavy atom. The molecule has 0 bridgehead atoms. The second kappa shape index (κ2) is 11.6. The standard InChI is InChI=1S/C27H31ClO7/c1-4-11-32-21-14-20(28)17(12-16-7-9-18(10-8-16)31-6-3)13-19(21)26-24(29)25(30)27-22(34-26)15-33-23(5-2)35-27/h4-5,7-10,13-14,22-27,29-30H,1-2,6,11-12,15H2,3H3/t22-,23?,24-,25-,26+,27-/m1/s1. The fraction of sp³-hybridized carbons (Fsp3) is 0.407. The molecule has 2 aromatic carbocycles. The van der Waals surface area contributed by atoms with Crippen LogP contribution < -0.4 is 9.47 Å². The molecule has 188 valence electrons. The Morgan fingerprint density at radius 2 is 1.86 bits per heavy atom. The van der Waals surface area contributed by atoms with E-state index in [1.807, 2.05) is 37.3 Å². The zero-order chi connectivity index (χ0) is 24.9. The third kappa shape index (κ3) is 5.72. The Balaban J connectivity index is 1.64. The highest BCUT2D eigenvalue weighted by molar-refractivity contribution is 6.31. The Hall–Kier alpha value is -2.39. The van der Waals surface area contributed by atoms with E-state index in [1.54, 1.807) is 12.1 Å². The number of aliphatic hydroxyl groups is 2. The molecule has 2 aliphatic heterocycles. The summed E-state index contributed by atoms with van der Waals surface area (Å²) in [4.78, 5) is 0. The number of rotatable bonds is 9. The summed E-state index contributed by atoms with van der Waals surface area (Å²) in [6.45, 7) is 10.3. The molecular weight excluding hydrogens is 472 g/mol. The Morgan fingerprint density at radius 3 is 2.54 bits per heavy atom. The van der Waals surface area contributed by atoms with Crippen LogP contribution in [0.5, 0.6) is 11.5 Å². The number of hydrogen-bond donors (Lipinski definition) is 2. The minimum atomic E-state index is -1.26. The van der Waals surface area contributed by atoms with Gasteiger partial charge in [-0.2, -0.15) is 0 Å². The quantitative estimate of drug-likeness (QED) is 0.501. The largest absolute Gasteiger partial charge is 0.494 e. The molecule has 1 unspecified atom stereocenters. The molecule has 2 aliphatic rings. The molecule has 0 radical (unpaired) electrons. The number of fused-ring (bicyclic) bond motifs is 1. The van der Waals surface area contributed by atoms with Gasteiger partial charge in [-0.25, -0.2) is 0 Å². The van der Waals surface area contributed by atoms with Gasteiger partial charge in [0.05, 0.1) is 13.2 Å². The molecule has 2 aromatic rings. The van der Waals surface area contributed by atoms with Crippen LogP contribution in [0.4, 0.5) is 0 Å². The summed E-state index contributed by atoms with van der Waals surface area (Å²) in [5.41, 5.74) is 2.44. The highest BCUT2D eigenvalue weighted by atomic mass is 35.5. The molecule has 2 fully saturated rings. The Bertz CT molecular complexity index is 1020. The molecule has 6 atom stereocenters. The van der Waals surface area contributed by atoms with Gasteiger partial charge in [0.1, 0.15) is 48.6 Å². The van der Waals surface area contributed by atoms with E-state index in [4.69, 9.17) is 35.3 Å². The van der Waals surface area contributed by atoms with Crippen LogP contribution in [-0.4, -0.2) is 60.7 Å². The van der Waals surface area contributed by atoms with Gasteiger partial charge in [0.2, 0.25) is 0 Å². The van der Waals surface area contributed by atoms with Crippen molar-refractivity contribution in [2.24, 2.45) is 0 Å². The van der Waals surface area contributed by atoms with Gasteiger partial charge in [-0.15, -0.1) is 0 Å². The summed E-state index contributed by atoms with van der Waals surface area (Å²) in [6, 6.07) is 11.4. The highest BCUT2D eigenvalue weighted by Gasteiger charge is 2.49. The zero-order valence-electron chi connectivity index (χ0n) is 19.6. The monoisotopic (exact) mass is 502 g/mol. The van der Waals surface area contributed by atoms with Gasteiger partial charge in [-0.05, 0) is 54.8 Å².